The van der Waals surface area contributed by atoms with Crippen LogP contribution in [-0.4, -0.2) is 47.5 Å². The molecule has 0 unspecified atom stereocenters. The lowest BCUT2D eigenvalue weighted by atomic mass is 9.94. The van der Waals surface area contributed by atoms with E-state index in [0.29, 0.717) is 32.6 Å². The molecule has 0 radical (unpaired) electrons. The van der Waals surface area contributed by atoms with Crippen molar-refractivity contribution in [1.29, 1.82) is 0 Å². The summed E-state index contributed by atoms with van der Waals surface area (Å²) < 4.78 is 5.30. The number of nitrogens with zero attached hydrogens (tertiary/aromatic N) is 2. The molecule has 21 heavy (non-hydrogen) atoms. The van der Waals surface area contributed by atoms with Crippen LogP contribution in [0, 0.1) is 6.92 Å². The fourth-order valence-corrected chi connectivity index (χ4v) is 2.38. The van der Waals surface area contributed by atoms with Gasteiger partial charge in [0.15, 0.2) is 0 Å². The van der Waals surface area contributed by atoms with E-state index in [1.807, 2.05) is 14.0 Å². The molecule has 118 valence electrons. The van der Waals surface area contributed by atoms with Gasteiger partial charge in [0.2, 0.25) is 0 Å². The van der Waals surface area contributed by atoms with Crippen LogP contribution in [0.1, 0.15) is 44.0 Å². The van der Waals surface area contributed by atoms with E-state index in [1.54, 1.807) is 0 Å². The van der Waals surface area contributed by atoms with Gasteiger partial charge in [-0.15, -0.1) is 0 Å². The quantitative estimate of drug-likeness (QED) is 0.770. The van der Waals surface area contributed by atoms with Crippen molar-refractivity contribution in [2.24, 2.45) is 0 Å². The highest BCUT2D eigenvalue weighted by Crippen LogP contribution is 2.25. The molecule has 0 amide bonds. The van der Waals surface area contributed by atoms with Crippen LogP contribution in [0.2, 0.25) is 0 Å². The average molecular weight is 294 g/mol. The minimum atomic E-state index is -0.715. The lowest BCUT2D eigenvalue weighted by Gasteiger charge is -2.32. The first-order valence-corrected chi connectivity index (χ1v) is 7.55. The molecule has 0 aromatic carbocycles. The normalized spacial score (nSPS) is 17.8. The topological polar surface area (TPSA) is 79.3 Å². The minimum absolute atomic E-state index is 0.254. The number of anilines is 2. The number of hydrogen-bond acceptors (Lipinski definition) is 6. The predicted molar refractivity (Wildman–Crippen MR) is 83.9 cm³/mol. The second kappa shape index (κ2) is 6.58. The Morgan fingerprint density at radius 1 is 1.24 bits per heavy atom. The summed E-state index contributed by atoms with van der Waals surface area (Å²) in [6, 6.07) is 0. The number of nitrogens with one attached hydrogen (secondary N) is 2. The summed E-state index contributed by atoms with van der Waals surface area (Å²) in [5, 5.41) is 16.9. The molecule has 0 spiro atoms. The number of ether oxygens (including phenoxy) is 1. The van der Waals surface area contributed by atoms with Crippen LogP contribution in [0.5, 0.6) is 0 Å². The van der Waals surface area contributed by atoms with Gasteiger partial charge in [-0.1, -0.05) is 13.8 Å². The van der Waals surface area contributed by atoms with Crippen molar-refractivity contribution in [3.05, 3.63) is 11.4 Å². The maximum Gasteiger partial charge on any atom is 0.135 e. The third kappa shape index (κ3) is 3.83. The van der Waals surface area contributed by atoms with Crippen molar-refractivity contribution in [3.63, 3.8) is 0 Å². The van der Waals surface area contributed by atoms with Gasteiger partial charge < -0.3 is 20.5 Å². The molecule has 0 bridgehead atoms. The van der Waals surface area contributed by atoms with E-state index in [2.05, 4.69) is 34.4 Å². The van der Waals surface area contributed by atoms with Crippen molar-refractivity contribution in [2.45, 2.75) is 45.1 Å². The Hall–Kier alpha value is -1.40. The van der Waals surface area contributed by atoms with E-state index >= 15 is 0 Å². The summed E-state index contributed by atoms with van der Waals surface area (Å²) in [6.45, 7) is 7.82. The zero-order valence-corrected chi connectivity index (χ0v) is 13.4. The molecule has 1 aliphatic heterocycles. The molecule has 0 atom stereocenters. The van der Waals surface area contributed by atoms with E-state index in [-0.39, 0.29) is 5.92 Å². The summed E-state index contributed by atoms with van der Waals surface area (Å²) in [5.74, 6) is 2.67. The van der Waals surface area contributed by atoms with E-state index in [9.17, 15) is 5.11 Å². The van der Waals surface area contributed by atoms with Crippen LogP contribution >= 0.6 is 0 Å². The SMILES string of the molecule is CNc1nc(C(C)C)nc(NCC2(O)CCOCC2)c1C. The molecule has 2 heterocycles. The van der Waals surface area contributed by atoms with Gasteiger partial charge in [-0.25, -0.2) is 9.97 Å². The smallest absolute Gasteiger partial charge is 0.135 e. The Balaban J connectivity index is 2.16. The Morgan fingerprint density at radius 2 is 1.86 bits per heavy atom. The minimum Gasteiger partial charge on any atom is -0.388 e. The maximum atomic E-state index is 10.5. The first-order valence-electron chi connectivity index (χ1n) is 7.55. The Bertz CT molecular complexity index is 485. The molecular weight excluding hydrogens is 268 g/mol. The Morgan fingerprint density at radius 3 is 2.43 bits per heavy atom. The van der Waals surface area contributed by atoms with Gasteiger partial charge in [0, 0.05) is 51.1 Å². The Kier molecular flexibility index (Phi) is 5.00. The summed E-state index contributed by atoms with van der Waals surface area (Å²) in [4.78, 5) is 9.11. The van der Waals surface area contributed by atoms with E-state index in [1.165, 1.54) is 0 Å². The first kappa shape index (κ1) is 16.0. The van der Waals surface area contributed by atoms with Crippen molar-refractivity contribution >= 4 is 11.6 Å². The summed E-state index contributed by atoms with van der Waals surface area (Å²) in [6.07, 6.45) is 1.31. The van der Waals surface area contributed by atoms with Crippen LogP contribution in [0.15, 0.2) is 0 Å². The summed E-state index contributed by atoms with van der Waals surface area (Å²) >= 11 is 0. The molecule has 6 heteroatoms. The number of aliphatic hydroxyl groups is 1. The number of aromatic nitrogens is 2. The van der Waals surface area contributed by atoms with E-state index in [4.69, 9.17) is 4.74 Å². The van der Waals surface area contributed by atoms with Gasteiger partial charge in [0.25, 0.3) is 0 Å². The lowest BCUT2D eigenvalue weighted by molar-refractivity contribution is -0.0543. The molecular formula is C15H26N4O2. The monoisotopic (exact) mass is 294 g/mol. The van der Waals surface area contributed by atoms with Crippen LogP contribution in [0.3, 0.4) is 0 Å². The number of hydrogen-bond donors (Lipinski definition) is 3. The molecule has 1 aromatic heterocycles. The molecule has 0 saturated carbocycles. The maximum absolute atomic E-state index is 10.5. The zero-order chi connectivity index (χ0) is 15.5. The lowest BCUT2D eigenvalue weighted by Crippen LogP contribution is -2.42. The molecule has 3 N–H and O–H groups in total. The molecule has 1 saturated heterocycles. The van der Waals surface area contributed by atoms with Crippen molar-refractivity contribution in [3.8, 4) is 0 Å². The fraction of sp³-hybridized carbons (Fsp3) is 0.733. The predicted octanol–water partition coefficient (Wildman–Crippen LogP) is 1.90. The third-order valence-electron chi connectivity index (χ3n) is 3.92. The average Bonchev–Trinajstić information content (AvgIpc) is 2.46. The molecule has 2 rings (SSSR count). The van der Waals surface area contributed by atoms with E-state index < -0.39 is 5.60 Å². The van der Waals surface area contributed by atoms with Gasteiger partial charge in [0.05, 0.1) is 5.60 Å². The van der Waals surface area contributed by atoms with Gasteiger partial charge in [-0.3, -0.25) is 0 Å². The zero-order valence-electron chi connectivity index (χ0n) is 13.4. The Labute approximate surface area is 126 Å². The van der Waals surface area contributed by atoms with Gasteiger partial charge >= 0.3 is 0 Å². The van der Waals surface area contributed by atoms with E-state index in [0.717, 1.165) is 23.0 Å². The standard InChI is InChI=1S/C15H26N4O2/c1-10(2)12-18-13(16-4)11(3)14(19-12)17-9-15(20)5-7-21-8-6-15/h10,20H,5-9H2,1-4H3,(H2,16,17,18,19). The van der Waals surface area contributed by atoms with Crippen LogP contribution in [0.4, 0.5) is 11.6 Å². The van der Waals surface area contributed by atoms with Crippen LogP contribution < -0.4 is 10.6 Å². The first-order chi connectivity index (χ1) is 9.95. The summed E-state index contributed by atoms with van der Waals surface area (Å²) in [5.41, 5.74) is 0.255. The second-order valence-corrected chi connectivity index (χ2v) is 6.00. The van der Waals surface area contributed by atoms with Crippen molar-refractivity contribution in [1.82, 2.24) is 9.97 Å². The second-order valence-electron chi connectivity index (χ2n) is 6.00. The highest BCUT2D eigenvalue weighted by atomic mass is 16.5. The van der Waals surface area contributed by atoms with Crippen molar-refractivity contribution < 1.29 is 9.84 Å². The molecule has 1 fully saturated rings. The molecule has 6 nitrogen and oxygen atoms in total. The van der Waals surface area contributed by atoms with Gasteiger partial charge in [-0.2, -0.15) is 0 Å². The van der Waals surface area contributed by atoms with Gasteiger partial charge in [-0.05, 0) is 6.92 Å². The molecule has 1 aromatic rings. The molecule has 1 aliphatic rings. The fourth-order valence-electron chi connectivity index (χ4n) is 2.38. The largest absolute Gasteiger partial charge is 0.388 e. The van der Waals surface area contributed by atoms with Crippen LogP contribution in [-0.2, 0) is 4.74 Å². The summed E-state index contributed by atoms with van der Waals surface area (Å²) in [7, 11) is 1.86. The van der Waals surface area contributed by atoms with Crippen molar-refractivity contribution in [2.75, 3.05) is 37.4 Å². The highest BCUT2D eigenvalue weighted by Gasteiger charge is 2.30. The third-order valence-corrected chi connectivity index (χ3v) is 3.92. The highest BCUT2D eigenvalue weighted by molar-refractivity contribution is 5.57. The molecule has 0 aliphatic carbocycles. The number of rotatable bonds is 5. The van der Waals surface area contributed by atoms with Gasteiger partial charge in [0.1, 0.15) is 17.5 Å². The van der Waals surface area contributed by atoms with Crippen LogP contribution in [0.25, 0.3) is 0 Å².